The van der Waals surface area contributed by atoms with Crippen molar-refractivity contribution in [2.24, 2.45) is 17.8 Å². The van der Waals surface area contributed by atoms with E-state index in [1.807, 2.05) is 4.90 Å². The molecule has 1 aliphatic heterocycles. The number of rotatable bonds is 6. The fourth-order valence-corrected chi connectivity index (χ4v) is 8.45. The second kappa shape index (κ2) is 10.2. The van der Waals surface area contributed by atoms with Crippen LogP contribution >= 0.6 is 0 Å². The summed E-state index contributed by atoms with van der Waals surface area (Å²) in [5.41, 5.74) is 0. The molecule has 33 heavy (non-hydrogen) atoms. The van der Waals surface area contributed by atoms with E-state index in [-0.39, 0.29) is 54.3 Å². The molecular weight excluding hydrogens is 442 g/mol. The van der Waals surface area contributed by atoms with E-state index in [0.29, 0.717) is 31.2 Å². The van der Waals surface area contributed by atoms with Crippen molar-refractivity contribution in [2.75, 3.05) is 19.7 Å². The third-order valence-electron chi connectivity index (χ3n) is 8.86. The number of sulfonamides is 1. The van der Waals surface area contributed by atoms with Gasteiger partial charge in [-0.2, -0.15) is 0 Å². The smallest absolute Gasteiger partial charge is 0.226 e. The van der Waals surface area contributed by atoms with Crippen LogP contribution in [-0.4, -0.2) is 78.2 Å². The molecule has 0 radical (unpaired) electrons. The van der Waals surface area contributed by atoms with Crippen LogP contribution in [0.15, 0.2) is 0 Å². The van der Waals surface area contributed by atoms with Gasteiger partial charge in [0, 0.05) is 32.0 Å². The summed E-state index contributed by atoms with van der Waals surface area (Å²) < 4.78 is 27.4. The number of aliphatic hydroxyl groups is 1. The molecule has 188 valence electrons. The second-order valence-electron chi connectivity index (χ2n) is 10.8. The zero-order valence-electron chi connectivity index (χ0n) is 20.1. The molecule has 4 atom stereocenters. The molecule has 3 unspecified atom stereocenters. The molecule has 3 saturated carbocycles. The van der Waals surface area contributed by atoms with Crippen molar-refractivity contribution in [2.45, 2.75) is 101 Å². The third-order valence-corrected chi connectivity index (χ3v) is 10.8. The molecular formula is C24H41N3O5S. The monoisotopic (exact) mass is 483 g/mol. The number of hydrogen-bond donors (Lipinski definition) is 2. The van der Waals surface area contributed by atoms with E-state index in [4.69, 9.17) is 5.11 Å². The molecule has 9 heteroatoms. The Morgan fingerprint density at radius 2 is 1.64 bits per heavy atom. The molecule has 4 aliphatic rings. The number of aliphatic hydroxyl groups excluding tert-OH is 1. The van der Waals surface area contributed by atoms with Crippen LogP contribution in [0.1, 0.15) is 78.1 Å². The zero-order chi connectivity index (χ0) is 23.8. The average Bonchev–Trinajstić information content (AvgIpc) is 2.75. The summed E-state index contributed by atoms with van der Waals surface area (Å²) in [6.45, 7) is 4.23. The highest BCUT2D eigenvalue weighted by Crippen LogP contribution is 2.44. The summed E-state index contributed by atoms with van der Waals surface area (Å²) in [4.78, 5) is 29.9. The Morgan fingerprint density at radius 3 is 2.21 bits per heavy atom. The first-order valence-electron chi connectivity index (χ1n) is 12.9. The summed E-state index contributed by atoms with van der Waals surface area (Å²) in [6.07, 6.45) is 9.06. The number of nitrogens with one attached hydrogen (secondary N) is 1. The topological polar surface area (TPSA) is 107 Å². The molecule has 2 N–H and O–H groups in total. The van der Waals surface area contributed by atoms with Crippen molar-refractivity contribution in [1.29, 1.82) is 0 Å². The van der Waals surface area contributed by atoms with Gasteiger partial charge in [-0.3, -0.25) is 9.59 Å². The summed E-state index contributed by atoms with van der Waals surface area (Å²) in [5.74, 6) is 1.50. The van der Waals surface area contributed by atoms with Crippen LogP contribution in [0.2, 0.25) is 0 Å². The van der Waals surface area contributed by atoms with Crippen LogP contribution in [0.4, 0.5) is 0 Å². The number of fused-ring (bicyclic) bond motifs is 1. The Morgan fingerprint density at radius 1 is 0.970 bits per heavy atom. The maximum absolute atomic E-state index is 13.3. The SMILES string of the molecule is CC(=O)N1C2CCC(C3CCC(S(=O)(=O)NCCO)CC3)CC2N(C(=O)C2CCC2)C[C@@H]1C. The molecule has 0 aromatic rings. The highest BCUT2D eigenvalue weighted by atomic mass is 32.2. The molecule has 2 amide bonds. The lowest BCUT2D eigenvalue weighted by atomic mass is 9.69. The van der Waals surface area contributed by atoms with Crippen LogP contribution in [0, 0.1) is 17.8 Å². The van der Waals surface area contributed by atoms with Crippen LogP contribution in [0.3, 0.4) is 0 Å². The zero-order valence-corrected chi connectivity index (χ0v) is 20.9. The lowest BCUT2D eigenvalue weighted by Crippen LogP contribution is -2.67. The largest absolute Gasteiger partial charge is 0.395 e. The first kappa shape index (κ1) is 24.9. The summed E-state index contributed by atoms with van der Waals surface area (Å²) in [5, 5.41) is 8.56. The number of hydrogen-bond acceptors (Lipinski definition) is 5. The third kappa shape index (κ3) is 5.10. The standard InChI is InChI=1S/C24H41N3O5S/c1-16-15-26(24(30)19-4-3-5-19)23-14-20(8-11-22(23)27(16)17(2)29)18-6-9-21(10-7-18)33(31,32)25-12-13-28/h16,18-23,25,28H,3-15H2,1-2H3/t16-,18?,20?,21?,22?,23?/m0/s1. The van der Waals surface area contributed by atoms with Crippen molar-refractivity contribution < 1.29 is 23.1 Å². The van der Waals surface area contributed by atoms with Gasteiger partial charge in [-0.25, -0.2) is 13.1 Å². The van der Waals surface area contributed by atoms with Crippen molar-refractivity contribution in [3.05, 3.63) is 0 Å². The minimum Gasteiger partial charge on any atom is -0.395 e. The Labute approximate surface area is 198 Å². The lowest BCUT2D eigenvalue weighted by Gasteiger charge is -2.55. The predicted molar refractivity (Wildman–Crippen MR) is 126 cm³/mol. The number of nitrogens with zero attached hydrogens (tertiary/aromatic N) is 2. The van der Waals surface area contributed by atoms with Gasteiger partial charge in [0.1, 0.15) is 0 Å². The lowest BCUT2D eigenvalue weighted by molar-refractivity contribution is -0.159. The summed E-state index contributed by atoms with van der Waals surface area (Å²) in [6, 6.07) is 0.243. The highest BCUT2D eigenvalue weighted by molar-refractivity contribution is 7.90. The molecule has 4 rings (SSSR count). The molecule has 0 aromatic heterocycles. The molecule has 0 spiro atoms. The van der Waals surface area contributed by atoms with Gasteiger partial charge in [-0.05, 0) is 76.5 Å². The molecule has 3 aliphatic carbocycles. The average molecular weight is 484 g/mol. The predicted octanol–water partition coefficient (Wildman–Crippen LogP) is 1.87. The minimum atomic E-state index is -3.37. The van der Waals surface area contributed by atoms with Crippen LogP contribution in [-0.2, 0) is 19.6 Å². The number of amides is 2. The first-order valence-corrected chi connectivity index (χ1v) is 14.5. The van der Waals surface area contributed by atoms with E-state index in [0.717, 1.165) is 51.4 Å². The fourth-order valence-electron chi connectivity index (χ4n) is 6.95. The second-order valence-corrected chi connectivity index (χ2v) is 12.8. The van der Waals surface area contributed by atoms with Crippen molar-refractivity contribution in [3.63, 3.8) is 0 Å². The fraction of sp³-hybridized carbons (Fsp3) is 0.917. The summed E-state index contributed by atoms with van der Waals surface area (Å²) >= 11 is 0. The van der Waals surface area contributed by atoms with E-state index >= 15 is 0 Å². The van der Waals surface area contributed by atoms with Crippen LogP contribution in [0.5, 0.6) is 0 Å². The Hall–Kier alpha value is -1.19. The van der Waals surface area contributed by atoms with E-state index in [1.165, 1.54) is 0 Å². The van der Waals surface area contributed by atoms with Gasteiger partial charge < -0.3 is 14.9 Å². The van der Waals surface area contributed by atoms with E-state index in [9.17, 15) is 18.0 Å². The molecule has 8 nitrogen and oxygen atoms in total. The molecule has 4 fully saturated rings. The molecule has 0 bridgehead atoms. The van der Waals surface area contributed by atoms with Gasteiger partial charge in [0.05, 0.1) is 23.9 Å². The van der Waals surface area contributed by atoms with Gasteiger partial charge in [0.2, 0.25) is 21.8 Å². The molecule has 1 heterocycles. The molecule has 0 aromatic carbocycles. The Balaban J connectivity index is 1.43. The Bertz CT molecular complexity index is 822. The Kier molecular flexibility index (Phi) is 7.70. The quantitative estimate of drug-likeness (QED) is 0.600. The first-order chi connectivity index (χ1) is 15.7. The van der Waals surface area contributed by atoms with Crippen LogP contribution < -0.4 is 4.72 Å². The number of carbonyl (C=O) groups is 2. The van der Waals surface area contributed by atoms with E-state index < -0.39 is 10.0 Å². The number of piperazine rings is 1. The van der Waals surface area contributed by atoms with Gasteiger partial charge in [-0.15, -0.1) is 0 Å². The van der Waals surface area contributed by atoms with Crippen molar-refractivity contribution in [1.82, 2.24) is 14.5 Å². The van der Waals surface area contributed by atoms with E-state index in [2.05, 4.69) is 16.5 Å². The van der Waals surface area contributed by atoms with Gasteiger partial charge in [0.15, 0.2) is 0 Å². The van der Waals surface area contributed by atoms with Crippen LogP contribution in [0.25, 0.3) is 0 Å². The normalized spacial score (nSPS) is 35.6. The minimum absolute atomic E-state index is 0.0522. The van der Waals surface area contributed by atoms with Crippen molar-refractivity contribution in [3.8, 4) is 0 Å². The summed E-state index contributed by atoms with van der Waals surface area (Å²) in [7, 11) is -3.37. The van der Waals surface area contributed by atoms with E-state index in [1.54, 1.807) is 6.92 Å². The van der Waals surface area contributed by atoms with Gasteiger partial charge in [-0.1, -0.05) is 6.42 Å². The molecule has 1 saturated heterocycles. The van der Waals surface area contributed by atoms with Gasteiger partial charge >= 0.3 is 0 Å². The maximum Gasteiger partial charge on any atom is 0.226 e. The highest BCUT2D eigenvalue weighted by Gasteiger charge is 2.49. The van der Waals surface area contributed by atoms with Crippen molar-refractivity contribution >= 4 is 21.8 Å². The van der Waals surface area contributed by atoms with Gasteiger partial charge in [0.25, 0.3) is 0 Å². The number of carbonyl (C=O) groups excluding carboxylic acids is 2. The maximum atomic E-state index is 13.3.